The number of piperidine rings is 2. The third-order valence-electron chi connectivity index (χ3n) is 5.57. The van der Waals surface area contributed by atoms with E-state index in [0.717, 1.165) is 19.4 Å². The molecule has 0 saturated carbocycles. The lowest BCUT2D eigenvalue weighted by Gasteiger charge is -2.33. The number of carbonyl (C=O) groups is 1. The lowest BCUT2D eigenvalue weighted by molar-refractivity contribution is 0.0268. The van der Waals surface area contributed by atoms with Gasteiger partial charge < -0.3 is 14.4 Å². The van der Waals surface area contributed by atoms with Crippen LogP contribution in [0.3, 0.4) is 0 Å². The van der Waals surface area contributed by atoms with Crippen LogP contribution in [0.1, 0.15) is 36.0 Å². The minimum atomic E-state index is -3.38. The maximum Gasteiger partial charge on any atom is 0.281 e. The Morgan fingerprint density at radius 2 is 1.83 bits per heavy atom. The number of hydrogen-bond acceptors (Lipinski definition) is 5. The highest BCUT2D eigenvalue weighted by Gasteiger charge is 2.30. The highest BCUT2D eigenvalue weighted by molar-refractivity contribution is 7.86. The van der Waals surface area contributed by atoms with Crippen molar-refractivity contribution in [2.24, 2.45) is 0 Å². The lowest BCUT2D eigenvalue weighted by Crippen LogP contribution is -2.46. The molecule has 1 amide bonds. The summed E-state index contributed by atoms with van der Waals surface area (Å²) in [5.41, 5.74) is 0.604. The Hall–Kier alpha value is -1.68. The number of rotatable bonds is 6. The quantitative estimate of drug-likeness (QED) is 0.692. The maximum atomic E-state index is 12.9. The highest BCUT2D eigenvalue weighted by Crippen LogP contribution is 2.23. The van der Waals surface area contributed by atoms with Crippen molar-refractivity contribution in [1.29, 1.82) is 0 Å². The van der Waals surface area contributed by atoms with Crippen molar-refractivity contribution in [3.05, 3.63) is 29.8 Å². The Balaban J connectivity index is 1.59. The molecule has 0 radical (unpaired) electrons. The molecule has 2 saturated heterocycles. The number of nitrogens with zero attached hydrogens (tertiary/aromatic N) is 3. The number of hydrogen-bond donors (Lipinski definition) is 0. The molecule has 2 fully saturated rings. The van der Waals surface area contributed by atoms with Crippen molar-refractivity contribution in [3.63, 3.8) is 0 Å². The minimum Gasteiger partial charge on any atom is -0.490 e. The molecule has 29 heavy (non-hydrogen) atoms. The van der Waals surface area contributed by atoms with E-state index in [4.69, 9.17) is 9.47 Å². The number of amides is 1. The summed E-state index contributed by atoms with van der Waals surface area (Å²) in [5, 5.41) is 0. The molecule has 0 aliphatic carbocycles. The first-order chi connectivity index (χ1) is 13.8. The van der Waals surface area contributed by atoms with E-state index >= 15 is 0 Å². The predicted octanol–water partition coefficient (Wildman–Crippen LogP) is 1.59. The van der Waals surface area contributed by atoms with Gasteiger partial charge in [-0.05, 0) is 43.9 Å². The van der Waals surface area contributed by atoms with Crippen LogP contribution in [0.4, 0.5) is 0 Å². The number of likely N-dealkylation sites (tertiary alicyclic amines) is 1. The van der Waals surface area contributed by atoms with Crippen molar-refractivity contribution >= 4 is 16.1 Å². The largest absolute Gasteiger partial charge is 0.490 e. The monoisotopic (exact) mass is 425 g/mol. The molecule has 3 rings (SSSR count). The zero-order valence-electron chi connectivity index (χ0n) is 17.4. The van der Waals surface area contributed by atoms with Gasteiger partial charge in [-0.25, -0.2) is 0 Å². The van der Waals surface area contributed by atoms with E-state index in [9.17, 15) is 13.2 Å². The molecular formula is C20H31N3O5S. The molecule has 162 valence electrons. The van der Waals surface area contributed by atoms with Gasteiger partial charge in [0.25, 0.3) is 16.1 Å². The second kappa shape index (κ2) is 9.42. The maximum absolute atomic E-state index is 12.9. The summed E-state index contributed by atoms with van der Waals surface area (Å²) in [5.74, 6) is 0.633. The molecule has 2 aliphatic rings. The minimum absolute atomic E-state index is 0.0101. The molecule has 0 aromatic heterocycles. The topological polar surface area (TPSA) is 79.4 Å². The van der Waals surface area contributed by atoms with Crippen LogP contribution in [0.25, 0.3) is 0 Å². The van der Waals surface area contributed by atoms with Crippen molar-refractivity contribution in [1.82, 2.24) is 13.5 Å². The van der Waals surface area contributed by atoms with Crippen LogP contribution in [0.2, 0.25) is 0 Å². The van der Waals surface area contributed by atoms with Crippen LogP contribution < -0.4 is 4.74 Å². The second-order valence-corrected chi connectivity index (χ2v) is 9.93. The average molecular weight is 426 g/mol. The van der Waals surface area contributed by atoms with Crippen molar-refractivity contribution in [2.75, 3.05) is 47.4 Å². The van der Waals surface area contributed by atoms with Crippen LogP contribution in [0.5, 0.6) is 5.75 Å². The number of benzene rings is 1. The van der Waals surface area contributed by atoms with Crippen molar-refractivity contribution < 1.29 is 22.7 Å². The van der Waals surface area contributed by atoms with E-state index in [1.807, 2.05) is 17.0 Å². The fraction of sp³-hybridized carbons (Fsp3) is 0.650. The Morgan fingerprint density at radius 1 is 1.10 bits per heavy atom. The van der Waals surface area contributed by atoms with E-state index in [0.29, 0.717) is 43.8 Å². The Labute approximate surface area is 173 Å². The van der Waals surface area contributed by atoms with E-state index in [1.165, 1.54) is 22.7 Å². The average Bonchev–Trinajstić information content (AvgIpc) is 2.73. The van der Waals surface area contributed by atoms with Crippen LogP contribution in [-0.4, -0.2) is 87.4 Å². The molecule has 0 spiro atoms. The van der Waals surface area contributed by atoms with Crippen LogP contribution in [0, 0.1) is 0 Å². The molecule has 0 unspecified atom stereocenters. The van der Waals surface area contributed by atoms with E-state index in [2.05, 4.69) is 0 Å². The van der Waals surface area contributed by atoms with E-state index in [1.54, 1.807) is 19.2 Å². The molecule has 1 aromatic rings. The van der Waals surface area contributed by atoms with Gasteiger partial charge in [0.1, 0.15) is 11.9 Å². The van der Waals surface area contributed by atoms with Gasteiger partial charge in [0, 0.05) is 52.9 Å². The van der Waals surface area contributed by atoms with E-state index < -0.39 is 10.2 Å². The Morgan fingerprint density at radius 3 is 2.48 bits per heavy atom. The molecule has 8 nitrogen and oxygen atoms in total. The molecule has 0 N–H and O–H groups in total. The molecular weight excluding hydrogens is 394 g/mol. The van der Waals surface area contributed by atoms with Gasteiger partial charge in [-0.3, -0.25) is 4.79 Å². The first-order valence-corrected chi connectivity index (χ1v) is 11.5. The summed E-state index contributed by atoms with van der Waals surface area (Å²) >= 11 is 0. The molecule has 2 aliphatic heterocycles. The molecule has 0 bridgehead atoms. The van der Waals surface area contributed by atoms with Crippen molar-refractivity contribution in [3.8, 4) is 5.75 Å². The smallest absolute Gasteiger partial charge is 0.281 e. The second-order valence-electron chi connectivity index (χ2n) is 7.79. The van der Waals surface area contributed by atoms with Crippen LogP contribution >= 0.6 is 0 Å². The van der Waals surface area contributed by atoms with E-state index in [-0.39, 0.29) is 18.1 Å². The summed E-state index contributed by atoms with van der Waals surface area (Å²) in [6.07, 6.45) is 3.18. The summed E-state index contributed by atoms with van der Waals surface area (Å²) < 4.78 is 38.6. The number of methoxy groups -OCH3 is 1. The Kier molecular flexibility index (Phi) is 7.15. The fourth-order valence-corrected chi connectivity index (χ4v) is 4.94. The fourth-order valence-electron chi connectivity index (χ4n) is 3.80. The first kappa shape index (κ1) is 22.0. The predicted molar refractivity (Wildman–Crippen MR) is 110 cm³/mol. The zero-order valence-corrected chi connectivity index (χ0v) is 18.2. The summed E-state index contributed by atoms with van der Waals surface area (Å²) in [7, 11) is 1.38. The van der Waals surface area contributed by atoms with Gasteiger partial charge in [-0.1, -0.05) is 6.07 Å². The first-order valence-electron chi connectivity index (χ1n) is 10.1. The van der Waals surface area contributed by atoms with Gasteiger partial charge in [-0.15, -0.1) is 0 Å². The molecule has 9 heteroatoms. The SMILES string of the molecule is CO[C@H]1CCCN(C(=O)c2cccc(OC3CCN(S(=O)(=O)N(C)C)CC3)c2)C1. The number of ether oxygens (including phenoxy) is 2. The third-order valence-corrected chi connectivity index (χ3v) is 7.51. The summed E-state index contributed by atoms with van der Waals surface area (Å²) in [4.78, 5) is 14.7. The van der Waals surface area contributed by atoms with Gasteiger partial charge in [0.2, 0.25) is 0 Å². The summed E-state index contributed by atoms with van der Waals surface area (Å²) in [6, 6.07) is 7.25. The number of carbonyl (C=O) groups excluding carboxylic acids is 1. The van der Waals surface area contributed by atoms with Crippen LogP contribution in [-0.2, 0) is 14.9 Å². The van der Waals surface area contributed by atoms with Gasteiger partial charge in [0.05, 0.1) is 6.10 Å². The third kappa shape index (κ3) is 5.28. The van der Waals surface area contributed by atoms with Gasteiger partial charge in [-0.2, -0.15) is 17.0 Å². The molecule has 1 atom stereocenters. The zero-order chi connectivity index (χ0) is 21.0. The normalized spacial score (nSPS) is 22.1. The van der Waals surface area contributed by atoms with Crippen molar-refractivity contribution in [2.45, 2.75) is 37.9 Å². The van der Waals surface area contributed by atoms with Crippen LogP contribution in [0.15, 0.2) is 24.3 Å². The Bertz CT molecular complexity index is 806. The summed E-state index contributed by atoms with van der Waals surface area (Å²) in [6.45, 7) is 2.20. The van der Waals surface area contributed by atoms with Gasteiger partial charge >= 0.3 is 0 Å². The standard InChI is InChI=1S/C20H31N3O5S/c1-21(2)29(25,26)23-12-9-17(10-13-23)28-18-7-4-6-16(14-18)20(24)22-11-5-8-19(15-22)27-3/h4,6-7,14,17,19H,5,8-13,15H2,1-3H3/t19-/m0/s1. The lowest BCUT2D eigenvalue weighted by atomic mass is 10.1. The van der Waals surface area contributed by atoms with Gasteiger partial charge in [0.15, 0.2) is 0 Å². The molecule has 1 aromatic carbocycles. The highest BCUT2D eigenvalue weighted by atomic mass is 32.2. The molecule has 2 heterocycles.